The number of carbonyl (C=O) groups excluding carboxylic acids is 2. The van der Waals surface area contributed by atoms with Crippen molar-refractivity contribution in [2.24, 2.45) is 5.41 Å². The smallest absolute Gasteiger partial charge is 0.400 e. The van der Waals surface area contributed by atoms with E-state index in [0.717, 1.165) is 12.7 Å². The molecule has 4 rings (SSSR count). The molecule has 0 radical (unpaired) electrons. The minimum Gasteiger partial charge on any atom is -0.400 e. The van der Waals surface area contributed by atoms with Crippen LogP contribution in [-0.2, 0) is 9.59 Å². The number of hydrogen-bond acceptors (Lipinski definition) is 3. The van der Waals surface area contributed by atoms with Crippen molar-refractivity contribution in [2.75, 3.05) is 26.7 Å². The minimum absolute atomic E-state index is 0.0773. The quantitative estimate of drug-likeness (QED) is 0.653. The Morgan fingerprint density at radius 2 is 1.65 bits per heavy atom. The van der Waals surface area contributed by atoms with Crippen LogP contribution in [-0.4, -0.2) is 54.7 Å². The van der Waals surface area contributed by atoms with Gasteiger partial charge < -0.3 is 15.3 Å². The van der Waals surface area contributed by atoms with E-state index < -0.39 is 23.4 Å². The number of carbonyl (C=O) groups is 2. The van der Waals surface area contributed by atoms with Gasteiger partial charge in [-0.2, -0.15) is 13.2 Å². The van der Waals surface area contributed by atoms with Crippen molar-refractivity contribution in [3.63, 3.8) is 0 Å². The number of halogens is 4. The molecule has 0 saturated carbocycles. The van der Waals surface area contributed by atoms with Crippen molar-refractivity contribution in [3.8, 4) is 0 Å². The van der Waals surface area contributed by atoms with Gasteiger partial charge in [0.15, 0.2) is 5.92 Å². The first kappa shape index (κ1) is 25.7. The summed E-state index contributed by atoms with van der Waals surface area (Å²) in [5.74, 6) is -3.73. The van der Waals surface area contributed by atoms with Crippen molar-refractivity contribution >= 4 is 11.8 Å². The minimum atomic E-state index is -4.70. The average Bonchev–Trinajstić information content (AvgIpc) is 2.82. The highest BCUT2D eigenvalue weighted by Gasteiger charge is 2.51. The normalized spacial score (nSPS) is 20.7. The Kier molecular flexibility index (Phi) is 7.97. The first-order chi connectivity index (χ1) is 16.2. The van der Waals surface area contributed by atoms with Gasteiger partial charge in [-0.1, -0.05) is 42.5 Å². The molecule has 5 nitrogen and oxygen atoms in total. The van der Waals surface area contributed by atoms with E-state index in [1.54, 1.807) is 18.2 Å². The van der Waals surface area contributed by atoms with Crippen LogP contribution in [0.15, 0.2) is 54.6 Å². The topological polar surface area (TPSA) is 69.6 Å². The van der Waals surface area contributed by atoms with Crippen molar-refractivity contribution in [3.05, 3.63) is 71.5 Å². The molecular weight excluding hydrogens is 452 g/mol. The molecule has 2 unspecified atom stereocenters. The lowest BCUT2D eigenvalue weighted by Gasteiger charge is -2.49. The fraction of sp³-hybridized carbons (Fsp3) is 0.440. The molecule has 2 saturated heterocycles. The van der Waals surface area contributed by atoms with Crippen LogP contribution in [0.25, 0.3) is 0 Å². The lowest BCUT2D eigenvalue weighted by Crippen LogP contribution is -2.54. The van der Waals surface area contributed by atoms with Gasteiger partial charge in [0.05, 0.1) is 0 Å². The van der Waals surface area contributed by atoms with E-state index in [4.69, 9.17) is 5.11 Å². The molecular formula is C25H28F4N2O3. The molecule has 0 bridgehead atoms. The zero-order valence-electron chi connectivity index (χ0n) is 18.8. The SMILES string of the molecule is CO.O=C1CC2(CCN(C(=O)C(c3ccccc3)C(F)(F)F)CC2)C(c2ccc(F)cc2)CN1. The molecule has 2 heterocycles. The summed E-state index contributed by atoms with van der Waals surface area (Å²) in [5, 5.41) is 9.85. The molecule has 0 aromatic heterocycles. The van der Waals surface area contributed by atoms with Gasteiger partial charge in [-0.3, -0.25) is 9.59 Å². The number of amides is 2. The number of benzene rings is 2. The summed E-state index contributed by atoms with van der Waals surface area (Å²) in [4.78, 5) is 26.4. The van der Waals surface area contributed by atoms with E-state index in [9.17, 15) is 27.2 Å². The highest BCUT2D eigenvalue weighted by Crippen LogP contribution is 2.49. The first-order valence-electron chi connectivity index (χ1n) is 11.1. The second-order valence-electron chi connectivity index (χ2n) is 8.66. The zero-order valence-corrected chi connectivity index (χ0v) is 18.8. The van der Waals surface area contributed by atoms with Crippen LogP contribution >= 0.6 is 0 Å². The molecule has 34 heavy (non-hydrogen) atoms. The van der Waals surface area contributed by atoms with Gasteiger partial charge in [0.2, 0.25) is 11.8 Å². The van der Waals surface area contributed by atoms with Crippen LogP contribution in [0.5, 0.6) is 0 Å². The number of hydrogen-bond donors (Lipinski definition) is 2. The van der Waals surface area contributed by atoms with Gasteiger partial charge in [-0.15, -0.1) is 0 Å². The molecule has 2 atom stereocenters. The van der Waals surface area contributed by atoms with Gasteiger partial charge in [0.25, 0.3) is 0 Å². The largest absolute Gasteiger partial charge is 0.404 e. The zero-order chi connectivity index (χ0) is 24.9. The number of aliphatic hydroxyl groups is 1. The Morgan fingerprint density at radius 3 is 2.21 bits per heavy atom. The van der Waals surface area contributed by atoms with Crippen LogP contribution in [0, 0.1) is 11.2 Å². The maximum absolute atomic E-state index is 13.8. The number of nitrogens with zero attached hydrogens (tertiary/aromatic N) is 1. The van der Waals surface area contributed by atoms with E-state index in [1.165, 1.54) is 41.3 Å². The summed E-state index contributed by atoms with van der Waals surface area (Å²) in [6.45, 7) is 0.667. The predicted molar refractivity (Wildman–Crippen MR) is 118 cm³/mol. The van der Waals surface area contributed by atoms with E-state index in [-0.39, 0.29) is 42.7 Å². The fourth-order valence-corrected chi connectivity index (χ4v) is 5.10. The summed E-state index contributed by atoms with van der Waals surface area (Å²) >= 11 is 0. The van der Waals surface area contributed by atoms with Gasteiger partial charge in [0, 0.05) is 39.1 Å². The summed E-state index contributed by atoms with van der Waals surface area (Å²) in [6.07, 6.45) is -3.64. The number of rotatable bonds is 3. The van der Waals surface area contributed by atoms with Gasteiger partial charge in [-0.05, 0) is 41.5 Å². The molecule has 0 aliphatic carbocycles. The Balaban J connectivity index is 0.00000158. The Bertz CT molecular complexity index is 972. The first-order valence-corrected chi connectivity index (χ1v) is 11.1. The molecule has 2 fully saturated rings. The number of aliphatic hydroxyl groups excluding tert-OH is 1. The van der Waals surface area contributed by atoms with Gasteiger partial charge >= 0.3 is 6.18 Å². The Hall–Kier alpha value is -2.94. The van der Waals surface area contributed by atoms with Crippen LogP contribution in [0.2, 0.25) is 0 Å². The highest BCUT2D eigenvalue weighted by atomic mass is 19.4. The molecule has 2 N–H and O–H groups in total. The third-order valence-electron chi connectivity index (χ3n) is 6.81. The number of alkyl halides is 3. The molecule has 2 aromatic rings. The molecule has 9 heteroatoms. The van der Waals surface area contributed by atoms with Crippen molar-refractivity contribution in [2.45, 2.75) is 37.3 Å². The van der Waals surface area contributed by atoms with Gasteiger partial charge in [-0.25, -0.2) is 4.39 Å². The summed E-state index contributed by atoms with van der Waals surface area (Å²) < 4.78 is 54.8. The molecule has 2 amide bonds. The van der Waals surface area contributed by atoms with Gasteiger partial charge in [0.1, 0.15) is 5.82 Å². The average molecular weight is 481 g/mol. The molecule has 1 spiro atoms. The summed E-state index contributed by atoms with van der Waals surface area (Å²) in [7, 11) is 1.00. The molecule has 2 aromatic carbocycles. The van der Waals surface area contributed by atoms with Crippen LogP contribution < -0.4 is 5.32 Å². The number of piperidine rings is 2. The van der Waals surface area contributed by atoms with Crippen molar-refractivity contribution in [1.82, 2.24) is 10.2 Å². The third-order valence-corrected chi connectivity index (χ3v) is 6.81. The number of nitrogens with one attached hydrogen (secondary N) is 1. The maximum atomic E-state index is 13.8. The molecule has 2 aliphatic rings. The highest BCUT2D eigenvalue weighted by molar-refractivity contribution is 5.85. The monoisotopic (exact) mass is 480 g/mol. The van der Waals surface area contributed by atoms with Crippen molar-refractivity contribution in [1.29, 1.82) is 0 Å². The van der Waals surface area contributed by atoms with Crippen LogP contribution in [0.3, 0.4) is 0 Å². The van der Waals surface area contributed by atoms with E-state index in [1.807, 2.05) is 0 Å². The molecule has 2 aliphatic heterocycles. The fourth-order valence-electron chi connectivity index (χ4n) is 5.10. The lowest BCUT2D eigenvalue weighted by atomic mass is 9.62. The van der Waals surface area contributed by atoms with E-state index >= 15 is 0 Å². The Labute approximate surface area is 195 Å². The van der Waals surface area contributed by atoms with E-state index in [2.05, 4.69) is 5.32 Å². The number of likely N-dealkylation sites (tertiary alicyclic amines) is 1. The Morgan fingerprint density at radius 1 is 1.06 bits per heavy atom. The standard InChI is InChI=1S/C24H24F4N2O2.CH4O/c25-18-8-6-16(7-9-18)19-15-29-20(31)14-23(19)10-12-30(13-11-23)22(32)21(24(26,27)28)17-4-2-1-3-5-17;1-2/h1-9,19,21H,10-15H2,(H,29,31);2H,1H3. The van der Waals surface area contributed by atoms with Crippen LogP contribution in [0.1, 0.15) is 42.2 Å². The summed E-state index contributed by atoms with van der Waals surface area (Å²) in [5.41, 5.74) is 0.326. The lowest BCUT2D eigenvalue weighted by molar-refractivity contribution is -0.173. The van der Waals surface area contributed by atoms with Crippen LogP contribution in [0.4, 0.5) is 17.6 Å². The second-order valence-corrected chi connectivity index (χ2v) is 8.66. The second kappa shape index (κ2) is 10.5. The predicted octanol–water partition coefficient (Wildman–Crippen LogP) is 3.99. The van der Waals surface area contributed by atoms with Crippen molar-refractivity contribution < 1.29 is 32.3 Å². The summed E-state index contributed by atoms with van der Waals surface area (Å²) in [6, 6.07) is 13.3. The maximum Gasteiger partial charge on any atom is 0.404 e. The third kappa shape index (κ3) is 5.41. The molecule has 184 valence electrons. The van der Waals surface area contributed by atoms with E-state index in [0.29, 0.717) is 19.4 Å².